The topological polar surface area (TPSA) is 34.1 Å². The van der Waals surface area contributed by atoms with Crippen LogP contribution in [-0.2, 0) is 9.59 Å². The van der Waals surface area contributed by atoms with E-state index in [-0.39, 0.29) is 12.8 Å². The maximum atomic E-state index is 13.6. The molecule has 2 rings (SSSR count). The van der Waals surface area contributed by atoms with Gasteiger partial charge in [-0.3, -0.25) is 9.59 Å². The van der Waals surface area contributed by atoms with Gasteiger partial charge < -0.3 is 0 Å². The summed E-state index contributed by atoms with van der Waals surface area (Å²) in [5.41, 5.74) is -2.10. The minimum atomic E-state index is -6.59. The van der Waals surface area contributed by atoms with Gasteiger partial charge in [0, 0.05) is 5.41 Å². The van der Waals surface area contributed by atoms with Crippen molar-refractivity contribution < 1.29 is 40.3 Å². The molecule has 0 radical (unpaired) electrons. The second-order valence-electron chi connectivity index (χ2n) is 7.05. The highest BCUT2D eigenvalue weighted by molar-refractivity contribution is 6.10. The Bertz CT molecular complexity index is 564. The lowest BCUT2D eigenvalue weighted by Crippen LogP contribution is -2.59. The van der Waals surface area contributed by atoms with E-state index >= 15 is 0 Å². The molecule has 0 saturated heterocycles. The zero-order valence-electron chi connectivity index (χ0n) is 12.5. The standard InChI is InChI=1S/C14H15F7O2/c1-10(2)6-4-5-11(10,3)8(22)7(6)9(23)12(15,16)13(17,18)14(19,20)21/h6-7H,4-5H2,1-3H3/t6-,7+,11-/m0/s1. The lowest BCUT2D eigenvalue weighted by molar-refractivity contribution is -0.344. The maximum Gasteiger partial charge on any atom is 0.460 e. The van der Waals surface area contributed by atoms with Crippen LogP contribution in [0.4, 0.5) is 30.7 Å². The smallest absolute Gasteiger partial charge is 0.298 e. The van der Waals surface area contributed by atoms with Crippen LogP contribution in [0.2, 0.25) is 0 Å². The highest BCUT2D eigenvalue weighted by atomic mass is 19.4. The molecule has 0 aromatic heterocycles. The van der Waals surface area contributed by atoms with Gasteiger partial charge in [0.1, 0.15) is 5.78 Å². The first-order valence-corrected chi connectivity index (χ1v) is 6.94. The SMILES string of the molecule is CC1(C)[C@H]2CC[C@@]1(C)C(=O)[C@@H]2C(=O)C(F)(F)C(F)(F)C(F)(F)F. The monoisotopic (exact) mass is 348 g/mol. The molecule has 2 aliphatic carbocycles. The molecule has 2 aliphatic rings. The molecule has 0 spiro atoms. The maximum absolute atomic E-state index is 13.6. The molecule has 9 heteroatoms. The Morgan fingerprint density at radius 2 is 1.52 bits per heavy atom. The van der Waals surface area contributed by atoms with Crippen LogP contribution in [0.1, 0.15) is 33.6 Å². The molecule has 0 amide bonds. The second kappa shape index (κ2) is 4.47. The van der Waals surface area contributed by atoms with Crippen LogP contribution in [-0.4, -0.2) is 29.6 Å². The quantitative estimate of drug-likeness (QED) is 0.570. The van der Waals surface area contributed by atoms with Crippen LogP contribution < -0.4 is 0 Å². The fraction of sp³-hybridized carbons (Fsp3) is 0.857. The molecule has 0 aromatic carbocycles. The number of halogens is 7. The first-order chi connectivity index (χ1) is 10.0. The lowest BCUT2D eigenvalue weighted by atomic mass is 9.70. The van der Waals surface area contributed by atoms with Gasteiger partial charge in [-0.05, 0) is 24.2 Å². The fourth-order valence-electron chi connectivity index (χ4n) is 3.92. The third-order valence-electron chi connectivity index (χ3n) is 5.88. The van der Waals surface area contributed by atoms with E-state index in [1.54, 1.807) is 0 Å². The van der Waals surface area contributed by atoms with E-state index < -0.39 is 52.3 Å². The largest absolute Gasteiger partial charge is 0.460 e. The van der Waals surface area contributed by atoms with E-state index in [0.717, 1.165) is 0 Å². The van der Waals surface area contributed by atoms with Gasteiger partial charge in [-0.25, -0.2) is 0 Å². The van der Waals surface area contributed by atoms with E-state index in [1.807, 2.05) is 0 Å². The first kappa shape index (κ1) is 18.2. The highest BCUT2D eigenvalue weighted by Gasteiger charge is 2.79. The van der Waals surface area contributed by atoms with Gasteiger partial charge in [0.2, 0.25) is 5.78 Å². The molecule has 132 valence electrons. The molecule has 23 heavy (non-hydrogen) atoms. The summed E-state index contributed by atoms with van der Waals surface area (Å²) in [6.45, 7) is 4.51. The van der Waals surface area contributed by atoms with Crippen LogP contribution in [0, 0.1) is 22.7 Å². The molecular formula is C14H15F7O2. The van der Waals surface area contributed by atoms with Crippen LogP contribution in [0.15, 0.2) is 0 Å². The molecule has 2 fully saturated rings. The number of Topliss-reactive ketones (excluding diaryl/α,β-unsaturated/α-hetero) is 2. The third-order valence-corrected chi connectivity index (χ3v) is 5.88. The van der Waals surface area contributed by atoms with E-state index in [2.05, 4.69) is 0 Å². The molecule has 2 bridgehead atoms. The summed E-state index contributed by atoms with van der Waals surface area (Å²) < 4.78 is 90.1. The Hall–Kier alpha value is -1.15. The Labute approximate surface area is 127 Å². The van der Waals surface area contributed by atoms with Gasteiger partial charge in [0.15, 0.2) is 0 Å². The number of hydrogen-bond donors (Lipinski definition) is 0. The average Bonchev–Trinajstić information content (AvgIpc) is 2.68. The Balaban J connectivity index is 2.45. The fourth-order valence-corrected chi connectivity index (χ4v) is 3.92. The molecule has 0 unspecified atom stereocenters. The van der Waals surface area contributed by atoms with Crippen molar-refractivity contribution in [1.29, 1.82) is 0 Å². The lowest BCUT2D eigenvalue weighted by Gasteiger charge is -2.32. The molecule has 3 atom stereocenters. The first-order valence-electron chi connectivity index (χ1n) is 6.94. The van der Waals surface area contributed by atoms with Crippen molar-refractivity contribution in [3.8, 4) is 0 Å². The van der Waals surface area contributed by atoms with Crippen LogP contribution in [0.25, 0.3) is 0 Å². The van der Waals surface area contributed by atoms with Gasteiger partial charge in [-0.2, -0.15) is 30.7 Å². The van der Waals surface area contributed by atoms with Gasteiger partial charge in [0.25, 0.3) is 0 Å². The molecule has 0 aromatic rings. The Kier molecular flexibility index (Phi) is 3.54. The summed E-state index contributed by atoms with van der Waals surface area (Å²) in [4.78, 5) is 24.1. The van der Waals surface area contributed by atoms with E-state index in [9.17, 15) is 40.3 Å². The molecule has 0 heterocycles. The van der Waals surface area contributed by atoms with Crippen molar-refractivity contribution >= 4 is 11.6 Å². The van der Waals surface area contributed by atoms with Crippen molar-refractivity contribution in [2.75, 3.05) is 0 Å². The van der Waals surface area contributed by atoms with Crippen LogP contribution in [0.5, 0.6) is 0 Å². The number of rotatable bonds is 3. The van der Waals surface area contributed by atoms with Crippen molar-refractivity contribution in [3.63, 3.8) is 0 Å². The summed E-state index contributed by atoms with van der Waals surface area (Å²) in [7, 11) is 0. The molecular weight excluding hydrogens is 333 g/mol. The van der Waals surface area contributed by atoms with Crippen molar-refractivity contribution in [1.82, 2.24) is 0 Å². The van der Waals surface area contributed by atoms with Crippen molar-refractivity contribution in [2.45, 2.75) is 51.6 Å². The molecule has 0 aliphatic heterocycles. The number of fused-ring (bicyclic) bond motifs is 2. The molecule has 2 nitrogen and oxygen atoms in total. The predicted octanol–water partition coefficient (Wildman–Crippen LogP) is 4.03. The number of carbonyl (C=O) groups is 2. The zero-order chi connectivity index (χ0) is 18.2. The summed E-state index contributed by atoms with van der Waals surface area (Å²) in [5.74, 6) is -19.2. The predicted molar refractivity (Wildman–Crippen MR) is 64.1 cm³/mol. The van der Waals surface area contributed by atoms with Crippen LogP contribution >= 0.6 is 0 Å². The summed E-state index contributed by atoms with van der Waals surface area (Å²) >= 11 is 0. The van der Waals surface area contributed by atoms with E-state index in [1.165, 1.54) is 20.8 Å². The Morgan fingerprint density at radius 3 is 1.87 bits per heavy atom. The van der Waals surface area contributed by atoms with Gasteiger partial charge in [-0.15, -0.1) is 0 Å². The summed E-state index contributed by atoms with van der Waals surface area (Å²) in [6.07, 6.45) is -6.15. The zero-order valence-corrected chi connectivity index (χ0v) is 12.5. The summed E-state index contributed by atoms with van der Waals surface area (Å²) in [6, 6.07) is 0. The van der Waals surface area contributed by atoms with Gasteiger partial charge >= 0.3 is 18.0 Å². The van der Waals surface area contributed by atoms with E-state index in [4.69, 9.17) is 0 Å². The Morgan fingerprint density at radius 1 is 1.04 bits per heavy atom. The summed E-state index contributed by atoms with van der Waals surface area (Å²) in [5, 5.41) is 0. The molecule has 2 saturated carbocycles. The number of ketones is 2. The minimum absolute atomic E-state index is 0.152. The minimum Gasteiger partial charge on any atom is -0.298 e. The molecule has 0 N–H and O–H groups in total. The number of hydrogen-bond acceptors (Lipinski definition) is 2. The third kappa shape index (κ3) is 1.94. The highest BCUT2D eigenvalue weighted by Crippen LogP contribution is 2.66. The van der Waals surface area contributed by atoms with Crippen LogP contribution in [0.3, 0.4) is 0 Å². The normalized spacial score (nSPS) is 34.1. The van der Waals surface area contributed by atoms with Crippen molar-refractivity contribution in [3.05, 3.63) is 0 Å². The second-order valence-corrected chi connectivity index (χ2v) is 7.05. The van der Waals surface area contributed by atoms with Gasteiger partial charge in [0.05, 0.1) is 5.92 Å². The average molecular weight is 348 g/mol. The van der Waals surface area contributed by atoms with E-state index in [0.29, 0.717) is 0 Å². The number of carbonyl (C=O) groups excluding carboxylic acids is 2. The van der Waals surface area contributed by atoms with Gasteiger partial charge in [-0.1, -0.05) is 20.8 Å². The number of alkyl halides is 7. The van der Waals surface area contributed by atoms with Crippen molar-refractivity contribution in [2.24, 2.45) is 22.7 Å².